The monoisotopic (exact) mass is 246 g/mol. The van der Waals surface area contributed by atoms with Gasteiger partial charge < -0.3 is 5.73 Å². The lowest BCUT2D eigenvalue weighted by Gasteiger charge is -2.02. The number of carbonyl (C=O) groups excluding carboxylic acids is 1. The third-order valence-electron chi connectivity index (χ3n) is 1.72. The van der Waals surface area contributed by atoms with Gasteiger partial charge in [0.1, 0.15) is 4.90 Å². The third-order valence-corrected chi connectivity index (χ3v) is 2.61. The molecule has 0 heterocycles. The number of nitro groups is 1. The van der Waals surface area contributed by atoms with Gasteiger partial charge in [-0.05, 0) is 6.07 Å². The summed E-state index contributed by atoms with van der Waals surface area (Å²) in [5, 5.41) is 10.4. The predicted octanol–water partition coefficient (Wildman–Crippen LogP) is -0.0596. The molecule has 0 atom stereocenters. The number of benzene rings is 1. The van der Waals surface area contributed by atoms with Crippen LogP contribution in [0, 0.1) is 10.1 Å². The maximum Gasteiger partial charge on any atom is 0.295 e. The topological polar surface area (TPSA) is 141 Å². The van der Waals surface area contributed by atoms with Crippen molar-refractivity contribution < 1.29 is 22.7 Å². The quantitative estimate of drug-likeness (QED) is 0.434. The molecule has 0 aliphatic carbocycles. The van der Waals surface area contributed by atoms with Gasteiger partial charge in [-0.2, -0.15) is 8.42 Å². The molecule has 1 aromatic carbocycles. The molecule has 9 heteroatoms. The Bertz CT molecular complexity index is 564. The fraction of sp³-hybridized carbons (Fsp3) is 0. The first kappa shape index (κ1) is 12.1. The molecule has 0 bridgehead atoms. The van der Waals surface area contributed by atoms with Gasteiger partial charge >= 0.3 is 0 Å². The van der Waals surface area contributed by atoms with Crippen molar-refractivity contribution in [1.82, 2.24) is 0 Å². The Labute approximate surface area is 89.6 Å². The van der Waals surface area contributed by atoms with Crippen LogP contribution in [0.2, 0.25) is 0 Å². The molecule has 1 aromatic rings. The summed E-state index contributed by atoms with van der Waals surface area (Å²) in [6.45, 7) is 0. The lowest BCUT2D eigenvalue weighted by Crippen LogP contribution is -2.16. The molecular weight excluding hydrogens is 240 g/mol. The second kappa shape index (κ2) is 3.87. The molecule has 3 N–H and O–H groups in total. The molecule has 8 nitrogen and oxygen atoms in total. The van der Waals surface area contributed by atoms with Gasteiger partial charge in [-0.15, -0.1) is 0 Å². The van der Waals surface area contributed by atoms with Crippen molar-refractivity contribution in [2.45, 2.75) is 4.90 Å². The molecule has 0 spiro atoms. The fourth-order valence-electron chi connectivity index (χ4n) is 1.04. The Morgan fingerprint density at radius 1 is 1.44 bits per heavy atom. The van der Waals surface area contributed by atoms with E-state index in [0.717, 1.165) is 12.1 Å². The SMILES string of the molecule is NC(=O)c1ccc([N+](=O)[O-])cc1S(=O)(=O)O. The molecule has 0 saturated heterocycles. The molecule has 86 valence electrons. The van der Waals surface area contributed by atoms with Gasteiger partial charge in [0.2, 0.25) is 5.91 Å². The first-order valence-corrected chi connectivity index (χ1v) is 5.23. The summed E-state index contributed by atoms with van der Waals surface area (Å²) in [5.74, 6) is -1.11. The Hall–Kier alpha value is -2.00. The smallest absolute Gasteiger partial charge is 0.295 e. The first-order valence-electron chi connectivity index (χ1n) is 3.79. The summed E-state index contributed by atoms with van der Waals surface area (Å²) in [5.41, 5.74) is 3.78. The van der Waals surface area contributed by atoms with Crippen molar-refractivity contribution in [3.05, 3.63) is 33.9 Å². The van der Waals surface area contributed by atoms with E-state index >= 15 is 0 Å². The number of nitrogens with zero attached hydrogens (tertiary/aromatic N) is 1. The number of amides is 1. The number of rotatable bonds is 3. The first-order chi connectivity index (χ1) is 7.23. The highest BCUT2D eigenvalue weighted by Gasteiger charge is 2.22. The minimum absolute atomic E-state index is 0.506. The highest BCUT2D eigenvalue weighted by Crippen LogP contribution is 2.21. The third kappa shape index (κ3) is 2.32. The van der Waals surface area contributed by atoms with Crippen LogP contribution >= 0.6 is 0 Å². The van der Waals surface area contributed by atoms with Gasteiger partial charge in [0.15, 0.2) is 0 Å². The average molecular weight is 246 g/mol. The maximum atomic E-state index is 10.9. The summed E-state index contributed by atoms with van der Waals surface area (Å²) in [6.07, 6.45) is 0. The largest absolute Gasteiger partial charge is 0.366 e. The lowest BCUT2D eigenvalue weighted by molar-refractivity contribution is -0.385. The van der Waals surface area contributed by atoms with Gasteiger partial charge in [0, 0.05) is 12.1 Å². The Kier molecular flexibility index (Phi) is 2.92. The van der Waals surface area contributed by atoms with E-state index in [4.69, 9.17) is 10.3 Å². The summed E-state index contributed by atoms with van der Waals surface area (Å²) >= 11 is 0. The van der Waals surface area contributed by atoms with Crippen LogP contribution in [0.25, 0.3) is 0 Å². The highest BCUT2D eigenvalue weighted by molar-refractivity contribution is 7.86. The Morgan fingerprint density at radius 3 is 2.38 bits per heavy atom. The van der Waals surface area contributed by atoms with Gasteiger partial charge in [-0.3, -0.25) is 19.5 Å². The highest BCUT2D eigenvalue weighted by atomic mass is 32.2. The number of nitrogens with two attached hydrogens (primary N) is 1. The van der Waals surface area contributed by atoms with Crippen molar-refractivity contribution in [3.8, 4) is 0 Å². The van der Waals surface area contributed by atoms with Crippen molar-refractivity contribution >= 4 is 21.7 Å². The van der Waals surface area contributed by atoms with Crippen LogP contribution in [0.5, 0.6) is 0 Å². The predicted molar refractivity (Wildman–Crippen MR) is 51.4 cm³/mol. The molecule has 0 fully saturated rings. The summed E-state index contributed by atoms with van der Waals surface area (Å²) in [6, 6.07) is 2.34. The minimum atomic E-state index is -4.74. The van der Waals surface area contributed by atoms with Crippen molar-refractivity contribution in [2.75, 3.05) is 0 Å². The van der Waals surface area contributed by atoms with Crippen LogP contribution in [-0.2, 0) is 10.1 Å². The zero-order valence-electron chi connectivity index (χ0n) is 7.65. The summed E-state index contributed by atoms with van der Waals surface area (Å²) in [4.78, 5) is 19.5. The van der Waals surface area contributed by atoms with Crippen LogP contribution in [0.3, 0.4) is 0 Å². The molecular formula is C7H6N2O6S. The van der Waals surface area contributed by atoms with Crippen molar-refractivity contribution in [1.29, 1.82) is 0 Å². The van der Waals surface area contributed by atoms with Crippen LogP contribution in [0.1, 0.15) is 10.4 Å². The molecule has 16 heavy (non-hydrogen) atoms. The van der Waals surface area contributed by atoms with E-state index in [-0.39, 0.29) is 0 Å². The maximum absolute atomic E-state index is 10.9. The normalized spacial score (nSPS) is 11.1. The Balaban J connectivity index is 3.58. The molecule has 0 aliphatic heterocycles. The van der Waals surface area contributed by atoms with E-state index in [2.05, 4.69) is 0 Å². The van der Waals surface area contributed by atoms with Crippen LogP contribution in [-0.4, -0.2) is 23.8 Å². The minimum Gasteiger partial charge on any atom is -0.366 e. The number of non-ortho nitro benzene ring substituents is 1. The van der Waals surface area contributed by atoms with Gasteiger partial charge in [0.05, 0.1) is 10.5 Å². The lowest BCUT2D eigenvalue weighted by atomic mass is 10.2. The van der Waals surface area contributed by atoms with Crippen LogP contribution in [0.15, 0.2) is 23.1 Å². The van der Waals surface area contributed by atoms with Gasteiger partial charge in [0.25, 0.3) is 15.8 Å². The number of nitro benzene ring substituents is 1. The number of carbonyl (C=O) groups is 1. The number of primary amides is 1. The van der Waals surface area contributed by atoms with Gasteiger partial charge in [-0.1, -0.05) is 0 Å². The van der Waals surface area contributed by atoms with E-state index in [1.165, 1.54) is 0 Å². The fourth-order valence-corrected chi connectivity index (χ4v) is 1.76. The van der Waals surface area contributed by atoms with Crippen molar-refractivity contribution in [2.24, 2.45) is 5.73 Å². The standard InChI is InChI=1S/C7H6N2O6S/c8-7(10)5-2-1-4(9(11)12)3-6(5)16(13,14)15/h1-3H,(H2,8,10)(H,13,14,15). The molecule has 0 radical (unpaired) electrons. The second-order valence-corrected chi connectivity index (χ2v) is 4.17. The van der Waals surface area contributed by atoms with E-state index in [1.54, 1.807) is 0 Å². The zero-order valence-corrected chi connectivity index (χ0v) is 8.47. The molecule has 1 rings (SSSR count). The Morgan fingerprint density at radius 2 is 2.00 bits per heavy atom. The molecule has 0 aromatic heterocycles. The van der Waals surface area contributed by atoms with Crippen LogP contribution < -0.4 is 5.73 Å². The van der Waals surface area contributed by atoms with E-state index in [1.807, 2.05) is 0 Å². The number of hydrogen-bond donors (Lipinski definition) is 2. The molecule has 1 amide bonds. The molecule has 0 aliphatic rings. The zero-order chi connectivity index (χ0) is 12.5. The molecule has 0 saturated carbocycles. The number of hydrogen-bond acceptors (Lipinski definition) is 5. The summed E-state index contributed by atoms with van der Waals surface area (Å²) in [7, 11) is -4.74. The van der Waals surface area contributed by atoms with E-state index in [9.17, 15) is 23.3 Å². The summed E-state index contributed by atoms with van der Waals surface area (Å²) < 4.78 is 30.5. The average Bonchev–Trinajstić information content (AvgIpc) is 2.15. The van der Waals surface area contributed by atoms with Crippen molar-refractivity contribution in [3.63, 3.8) is 0 Å². The second-order valence-electron chi connectivity index (χ2n) is 2.78. The van der Waals surface area contributed by atoms with E-state index in [0.29, 0.717) is 6.07 Å². The van der Waals surface area contributed by atoms with Crippen LogP contribution in [0.4, 0.5) is 5.69 Å². The van der Waals surface area contributed by atoms with E-state index < -0.39 is 37.1 Å². The molecule has 0 unspecified atom stereocenters. The van der Waals surface area contributed by atoms with Gasteiger partial charge in [-0.25, -0.2) is 0 Å².